The summed E-state index contributed by atoms with van der Waals surface area (Å²) in [5, 5.41) is 13.3. The van der Waals surface area contributed by atoms with Crippen LogP contribution in [0.4, 0.5) is 0 Å². The van der Waals surface area contributed by atoms with Crippen molar-refractivity contribution in [1.82, 2.24) is 4.98 Å². The van der Waals surface area contributed by atoms with E-state index in [0.717, 1.165) is 19.3 Å². The second-order valence-corrected chi connectivity index (χ2v) is 5.78. The number of para-hydroxylation sites is 1. The van der Waals surface area contributed by atoms with Crippen molar-refractivity contribution in [1.29, 1.82) is 0 Å². The monoisotopic (exact) mass is 356 g/mol. The third kappa shape index (κ3) is 5.03. The van der Waals surface area contributed by atoms with Crippen LogP contribution in [0.3, 0.4) is 0 Å². The Hall–Kier alpha value is -2.93. The number of aromatic carboxylic acids is 1. The van der Waals surface area contributed by atoms with Crippen molar-refractivity contribution >= 4 is 11.7 Å². The van der Waals surface area contributed by atoms with E-state index in [-0.39, 0.29) is 12.2 Å². The van der Waals surface area contributed by atoms with Crippen molar-refractivity contribution in [3.63, 3.8) is 0 Å². The Bertz CT molecular complexity index is 758. The van der Waals surface area contributed by atoms with Crippen molar-refractivity contribution in [2.24, 2.45) is 5.16 Å². The summed E-state index contributed by atoms with van der Waals surface area (Å²) in [4.78, 5) is 20.9. The highest BCUT2D eigenvalue weighted by Gasteiger charge is 2.17. The summed E-state index contributed by atoms with van der Waals surface area (Å²) in [6.45, 7) is 0.732. The summed E-state index contributed by atoms with van der Waals surface area (Å²) >= 11 is 0. The van der Waals surface area contributed by atoms with E-state index in [9.17, 15) is 9.90 Å². The molecule has 26 heavy (non-hydrogen) atoms. The normalized spacial score (nSPS) is 17.5. The van der Waals surface area contributed by atoms with Crippen molar-refractivity contribution in [2.45, 2.75) is 25.6 Å². The molecule has 1 aromatic carbocycles. The van der Waals surface area contributed by atoms with Crippen LogP contribution in [0.15, 0.2) is 53.8 Å². The first-order valence-corrected chi connectivity index (χ1v) is 8.44. The van der Waals surface area contributed by atoms with E-state index in [1.807, 2.05) is 30.3 Å². The first-order valence-electron chi connectivity index (χ1n) is 8.44. The molecule has 136 valence electrons. The van der Waals surface area contributed by atoms with Gasteiger partial charge in [0.15, 0.2) is 0 Å². The zero-order valence-corrected chi connectivity index (χ0v) is 14.2. The number of nitrogens with zero attached hydrogens (tertiary/aromatic N) is 2. The van der Waals surface area contributed by atoms with E-state index in [1.165, 1.54) is 18.3 Å². The van der Waals surface area contributed by atoms with Crippen molar-refractivity contribution < 1.29 is 24.2 Å². The number of hydrogen-bond donors (Lipinski definition) is 1. The molecule has 2 heterocycles. The number of hydrogen-bond acceptors (Lipinski definition) is 6. The van der Waals surface area contributed by atoms with E-state index in [2.05, 4.69) is 10.1 Å². The molecule has 1 fully saturated rings. The molecular weight excluding hydrogens is 336 g/mol. The van der Waals surface area contributed by atoms with Gasteiger partial charge in [-0.2, -0.15) is 0 Å². The van der Waals surface area contributed by atoms with E-state index < -0.39 is 12.3 Å². The summed E-state index contributed by atoms with van der Waals surface area (Å²) in [7, 11) is 0. The topological polar surface area (TPSA) is 90.2 Å². The van der Waals surface area contributed by atoms with Crippen molar-refractivity contribution in [2.75, 3.05) is 13.2 Å². The summed E-state index contributed by atoms with van der Waals surface area (Å²) in [5.41, 5.74) is 0.902. The molecule has 0 bridgehead atoms. The Labute approximate surface area is 151 Å². The Morgan fingerprint density at radius 2 is 2.12 bits per heavy atom. The predicted molar refractivity (Wildman–Crippen MR) is 94.3 cm³/mol. The van der Waals surface area contributed by atoms with Crippen molar-refractivity contribution in [3.05, 3.63) is 59.9 Å². The Morgan fingerprint density at radius 1 is 1.27 bits per heavy atom. The SMILES string of the molecule is O=C(O)c1ccnc(/C(COc2ccccc2)=N/OC2CCCCO2)c1. The van der Waals surface area contributed by atoms with Crippen molar-refractivity contribution in [3.8, 4) is 5.75 Å². The van der Waals surface area contributed by atoms with Gasteiger partial charge in [-0.1, -0.05) is 23.4 Å². The number of carbonyl (C=O) groups is 1. The number of ether oxygens (including phenoxy) is 2. The van der Waals surface area contributed by atoms with Crippen LogP contribution in [0, 0.1) is 0 Å². The van der Waals surface area contributed by atoms with Gasteiger partial charge < -0.3 is 19.4 Å². The molecule has 1 aliphatic heterocycles. The highest BCUT2D eigenvalue weighted by atomic mass is 16.8. The fraction of sp³-hybridized carbons (Fsp3) is 0.316. The lowest BCUT2D eigenvalue weighted by Gasteiger charge is -2.20. The second kappa shape index (κ2) is 8.96. The molecule has 1 aliphatic rings. The van der Waals surface area contributed by atoms with Crippen LogP contribution in [0.5, 0.6) is 5.75 Å². The number of carboxylic acids is 1. The fourth-order valence-corrected chi connectivity index (χ4v) is 2.45. The molecule has 0 spiro atoms. The summed E-state index contributed by atoms with van der Waals surface area (Å²) in [5.74, 6) is -0.364. The second-order valence-electron chi connectivity index (χ2n) is 5.78. The van der Waals surface area contributed by atoms with Gasteiger partial charge in [-0.15, -0.1) is 0 Å². The highest BCUT2D eigenvalue weighted by Crippen LogP contribution is 2.15. The van der Waals surface area contributed by atoms with Crippen LogP contribution < -0.4 is 4.74 Å². The van der Waals surface area contributed by atoms with Gasteiger partial charge in [-0.3, -0.25) is 4.98 Å². The van der Waals surface area contributed by atoms with E-state index >= 15 is 0 Å². The van der Waals surface area contributed by atoms with Gasteiger partial charge >= 0.3 is 5.97 Å². The number of pyridine rings is 1. The van der Waals surface area contributed by atoms with Crippen LogP contribution >= 0.6 is 0 Å². The average Bonchev–Trinajstić information content (AvgIpc) is 2.69. The maximum absolute atomic E-state index is 11.2. The number of aromatic nitrogens is 1. The minimum absolute atomic E-state index is 0.0901. The Morgan fingerprint density at radius 3 is 2.85 bits per heavy atom. The zero-order valence-electron chi connectivity index (χ0n) is 14.2. The standard InChI is InChI=1S/C19H20N2O5/c22-19(23)14-9-10-20-16(12-14)17(13-25-15-6-2-1-3-7-15)21-26-18-8-4-5-11-24-18/h1-3,6-7,9-10,12,18H,4-5,8,11,13H2,(H,22,23)/b21-17+. The minimum Gasteiger partial charge on any atom is -0.487 e. The minimum atomic E-state index is -1.03. The molecule has 1 aromatic heterocycles. The number of rotatable bonds is 7. The van der Waals surface area contributed by atoms with Gasteiger partial charge in [0.05, 0.1) is 17.9 Å². The van der Waals surface area contributed by atoms with Gasteiger partial charge in [0.1, 0.15) is 18.1 Å². The van der Waals surface area contributed by atoms with Gasteiger partial charge in [-0.05, 0) is 37.1 Å². The molecule has 2 aromatic rings. The molecule has 0 amide bonds. The quantitative estimate of drug-likeness (QED) is 0.605. The molecule has 7 nitrogen and oxygen atoms in total. The molecule has 0 aliphatic carbocycles. The molecule has 1 saturated heterocycles. The van der Waals surface area contributed by atoms with Gasteiger partial charge in [-0.25, -0.2) is 4.79 Å². The lowest BCUT2D eigenvalue weighted by atomic mass is 10.2. The molecule has 1 unspecified atom stereocenters. The maximum atomic E-state index is 11.2. The van der Waals surface area contributed by atoms with Gasteiger partial charge in [0.2, 0.25) is 6.29 Å². The third-order valence-corrected chi connectivity index (χ3v) is 3.84. The molecule has 1 N–H and O–H groups in total. The predicted octanol–water partition coefficient (Wildman–Crippen LogP) is 3.11. The lowest BCUT2D eigenvalue weighted by molar-refractivity contribution is -0.162. The molecule has 1 atom stereocenters. The molecule has 3 rings (SSSR count). The lowest BCUT2D eigenvalue weighted by Crippen LogP contribution is -2.22. The summed E-state index contributed by atoms with van der Waals surface area (Å²) in [6, 6.07) is 12.1. The average molecular weight is 356 g/mol. The molecule has 0 saturated carbocycles. The number of benzene rings is 1. The molecule has 7 heteroatoms. The molecular formula is C19H20N2O5. The highest BCUT2D eigenvalue weighted by molar-refractivity contribution is 6.01. The van der Waals surface area contributed by atoms with E-state index in [4.69, 9.17) is 14.3 Å². The van der Waals surface area contributed by atoms with E-state index in [0.29, 0.717) is 23.8 Å². The summed E-state index contributed by atoms with van der Waals surface area (Å²) < 4.78 is 11.2. The summed E-state index contributed by atoms with van der Waals surface area (Å²) in [6.07, 6.45) is 3.81. The first-order chi connectivity index (χ1) is 12.7. The zero-order chi connectivity index (χ0) is 18.2. The molecule has 0 radical (unpaired) electrons. The first kappa shape index (κ1) is 17.9. The van der Waals surface area contributed by atoms with Gasteiger partial charge in [0.25, 0.3) is 0 Å². The van der Waals surface area contributed by atoms with E-state index in [1.54, 1.807) is 0 Å². The Kier molecular flexibility index (Phi) is 6.16. The van der Waals surface area contributed by atoms with Crippen LogP contribution in [-0.4, -0.2) is 41.3 Å². The van der Waals surface area contributed by atoms with Crippen LogP contribution in [0.25, 0.3) is 0 Å². The Balaban J connectivity index is 1.77. The largest absolute Gasteiger partial charge is 0.487 e. The van der Waals surface area contributed by atoms with Crippen LogP contribution in [-0.2, 0) is 9.57 Å². The van der Waals surface area contributed by atoms with Crippen LogP contribution in [0.1, 0.15) is 35.3 Å². The third-order valence-electron chi connectivity index (χ3n) is 3.84. The maximum Gasteiger partial charge on any atom is 0.335 e. The van der Waals surface area contributed by atoms with Gasteiger partial charge in [0, 0.05) is 12.6 Å². The number of oxime groups is 1. The number of carboxylic acid groups (broad SMARTS) is 1. The fourth-order valence-electron chi connectivity index (χ4n) is 2.45. The smallest absolute Gasteiger partial charge is 0.335 e. The van der Waals surface area contributed by atoms with Crippen LogP contribution in [0.2, 0.25) is 0 Å².